The lowest BCUT2D eigenvalue weighted by atomic mass is 10.1. The van der Waals surface area contributed by atoms with Gasteiger partial charge in [0.1, 0.15) is 11.9 Å². The van der Waals surface area contributed by atoms with E-state index in [0.717, 1.165) is 0 Å². The maximum absolute atomic E-state index is 12.6. The molecular formula is C15H14N4O5. The summed E-state index contributed by atoms with van der Waals surface area (Å²) in [4.78, 5) is 40.7. The molecule has 0 saturated carbocycles. The largest absolute Gasteiger partial charge is 0.461 e. The first kappa shape index (κ1) is 15.7. The van der Waals surface area contributed by atoms with Crippen LogP contribution in [0.5, 0.6) is 0 Å². The van der Waals surface area contributed by atoms with Gasteiger partial charge in [0, 0.05) is 13.1 Å². The molecule has 0 fully saturated rings. The Labute approximate surface area is 136 Å². The molecule has 24 heavy (non-hydrogen) atoms. The molecule has 9 heteroatoms. The van der Waals surface area contributed by atoms with Gasteiger partial charge in [-0.25, -0.2) is 9.78 Å². The van der Waals surface area contributed by atoms with Crippen LogP contribution >= 0.6 is 0 Å². The Morgan fingerprint density at radius 3 is 2.88 bits per heavy atom. The maximum atomic E-state index is 12.6. The summed E-state index contributed by atoms with van der Waals surface area (Å²) in [6.45, 7) is 1.96. The summed E-state index contributed by atoms with van der Waals surface area (Å²) < 4.78 is 6.50. The number of benzene rings is 1. The van der Waals surface area contributed by atoms with E-state index in [9.17, 15) is 19.7 Å². The van der Waals surface area contributed by atoms with Crippen LogP contribution in [0, 0.1) is 10.1 Å². The number of imidazole rings is 1. The molecule has 124 valence electrons. The number of ether oxygens (including phenoxy) is 1. The topological polar surface area (TPSA) is 108 Å². The highest BCUT2D eigenvalue weighted by molar-refractivity contribution is 6.02. The minimum Gasteiger partial charge on any atom is -0.461 e. The minimum atomic E-state index is -0.598. The molecule has 1 aromatic carbocycles. The summed E-state index contributed by atoms with van der Waals surface area (Å²) >= 11 is 0. The van der Waals surface area contributed by atoms with Gasteiger partial charge in [-0.05, 0) is 13.0 Å². The second-order valence-electron chi connectivity index (χ2n) is 5.22. The van der Waals surface area contributed by atoms with Crippen molar-refractivity contribution >= 4 is 17.6 Å². The average molecular weight is 330 g/mol. The number of nitro benzene ring substituents is 1. The molecule has 2 heterocycles. The molecule has 0 aliphatic carbocycles. The van der Waals surface area contributed by atoms with Crippen molar-refractivity contribution < 1.29 is 19.2 Å². The van der Waals surface area contributed by atoms with Crippen LogP contribution in [0.1, 0.15) is 33.5 Å². The summed E-state index contributed by atoms with van der Waals surface area (Å²) in [6.07, 6.45) is 1.37. The fraction of sp³-hybridized carbons (Fsp3) is 0.267. The first-order valence-electron chi connectivity index (χ1n) is 7.22. The van der Waals surface area contributed by atoms with Crippen molar-refractivity contribution in [1.29, 1.82) is 0 Å². The van der Waals surface area contributed by atoms with Crippen LogP contribution in [-0.4, -0.2) is 44.9 Å². The summed E-state index contributed by atoms with van der Waals surface area (Å²) in [5, 5.41) is 11.3. The number of esters is 1. The van der Waals surface area contributed by atoms with Crippen molar-refractivity contribution in [1.82, 2.24) is 14.5 Å². The summed E-state index contributed by atoms with van der Waals surface area (Å²) in [5.41, 5.74) is 0.538. The number of hydrogen-bond donors (Lipinski definition) is 0. The molecule has 1 aliphatic rings. The summed E-state index contributed by atoms with van der Waals surface area (Å²) in [5.74, 6) is -1.09. The van der Waals surface area contributed by atoms with E-state index in [2.05, 4.69) is 4.98 Å². The number of amides is 1. The molecule has 2 aromatic rings. The van der Waals surface area contributed by atoms with Gasteiger partial charge in [0.25, 0.3) is 11.6 Å². The van der Waals surface area contributed by atoms with Gasteiger partial charge < -0.3 is 9.64 Å². The van der Waals surface area contributed by atoms with E-state index in [0.29, 0.717) is 11.4 Å². The number of aromatic nitrogens is 2. The standard InChI is InChI=1S/C15H14N4O5/c1-3-24-15(21)13-11-7-17(2)14(20)12-9(18(11)8-16-13)5-4-6-10(12)19(22)23/h4-6,8H,3,7H2,1-2H3. The van der Waals surface area contributed by atoms with E-state index < -0.39 is 16.8 Å². The summed E-state index contributed by atoms with van der Waals surface area (Å²) in [7, 11) is 1.51. The van der Waals surface area contributed by atoms with Gasteiger partial charge in [0.2, 0.25) is 0 Å². The molecule has 9 nitrogen and oxygen atoms in total. The smallest absolute Gasteiger partial charge is 0.358 e. The number of hydrogen-bond acceptors (Lipinski definition) is 6. The third-order valence-corrected chi connectivity index (χ3v) is 3.76. The molecule has 0 bridgehead atoms. The predicted octanol–water partition coefficient (Wildman–Crippen LogP) is 1.54. The molecule has 0 N–H and O–H groups in total. The van der Waals surface area contributed by atoms with Crippen LogP contribution in [0.2, 0.25) is 0 Å². The van der Waals surface area contributed by atoms with E-state index >= 15 is 0 Å². The number of nitrogens with zero attached hydrogens (tertiary/aromatic N) is 4. The quantitative estimate of drug-likeness (QED) is 0.480. The highest BCUT2D eigenvalue weighted by Gasteiger charge is 2.33. The Bertz CT molecular complexity index is 858. The van der Waals surface area contributed by atoms with Crippen LogP contribution in [0.15, 0.2) is 24.5 Å². The van der Waals surface area contributed by atoms with Crippen molar-refractivity contribution in [3.05, 3.63) is 51.6 Å². The van der Waals surface area contributed by atoms with Crippen molar-refractivity contribution in [3.8, 4) is 5.69 Å². The molecular weight excluding hydrogens is 316 g/mol. The molecule has 3 rings (SSSR count). The normalized spacial score (nSPS) is 13.1. The second-order valence-corrected chi connectivity index (χ2v) is 5.22. The minimum absolute atomic E-state index is 0.0310. The number of fused-ring (bicyclic) bond motifs is 3. The fourth-order valence-corrected chi connectivity index (χ4v) is 2.69. The molecule has 0 unspecified atom stereocenters. The Morgan fingerprint density at radius 2 is 2.21 bits per heavy atom. The highest BCUT2D eigenvalue weighted by Crippen LogP contribution is 2.31. The Hall–Kier alpha value is -3.23. The van der Waals surface area contributed by atoms with Crippen molar-refractivity contribution in [2.24, 2.45) is 0 Å². The van der Waals surface area contributed by atoms with Gasteiger partial charge in [-0.2, -0.15) is 0 Å². The molecule has 1 amide bonds. The third-order valence-electron chi connectivity index (χ3n) is 3.76. The van der Waals surface area contributed by atoms with Gasteiger partial charge >= 0.3 is 5.97 Å². The SMILES string of the molecule is CCOC(=O)c1ncn2c1CN(C)C(=O)c1c-2cccc1[N+](=O)[O-]. The number of rotatable bonds is 3. The van der Waals surface area contributed by atoms with Crippen LogP contribution < -0.4 is 0 Å². The molecule has 1 aromatic heterocycles. The van der Waals surface area contributed by atoms with Crippen molar-refractivity contribution in [2.45, 2.75) is 13.5 Å². The lowest BCUT2D eigenvalue weighted by Crippen LogP contribution is -2.26. The molecule has 1 aliphatic heterocycles. The number of carbonyl (C=O) groups is 2. The molecule has 0 spiro atoms. The van der Waals surface area contributed by atoms with E-state index in [1.165, 1.54) is 35.0 Å². The zero-order valence-corrected chi connectivity index (χ0v) is 13.1. The predicted molar refractivity (Wildman–Crippen MR) is 82.0 cm³/mol. The van der Waals surface area contributed by atoms with Crippen molar-refractivity contribution in [2.75, 3.05) is 13.7 Å². The lowest BCUT2D eigenvalue weighted by Gasteiger charge is -2.14. The lowest BCUT2D eigenvalue weighted by molar-refractivity contribution is -0.385. The second kappa shape index (κ2) is 5.76. The van der Waals surface area contributed by atoms with E-state index in [1.54, 1.807) is 13.0 Å². The van der Waals surface area contributed by atoms with Crippen molar-refractivity contribution in [3.63, 3.8) is 0 Å². The van der Waals surface area contributed by atoms with Gasteiger partial charge in [-0.3, -0.25) is 19.5 Å². The monoisotopic (exact) mass is 330 g/mol. The molecule has 0 atom stereocenters. The fourth-order valence-electron chi connectivity index (χ4n) is 2.69. The Morgan fingerprint density at radius 1 is 1.46 bits per heavy atom. The third kappa shape index (κ3) is 2.30. The number of nitro groups is 1. The maximum Gasteiger partial charge on any atom is 0.358 e. The highest BCUT2D eigenvalue weighted by atomic mass is 16.6. The molecule has 0 saturated heterocycles. The first-order chi connectivity index (χ1) is 11.5. The van der Waals surface area contributed by atoms with Crippen LogP contribution in [0.3, 0.4) is 0 Å². The zero-order valence-electron chi connectivity index (χ0n) is 13.1. The summed E-state index contributed by atoms with van der Waals surface area (Å²) in [6, 6.07) is 4.35. The zero-order chi connectivity index (χ0) is 17.4. The van der Waals surface area contributed by atoms with Gasteiger partial charge in [0.15, 0.2) is 5.69 Å². The first-order valence-corrected chi connectivity index (χ1v) is 7.22. The van der Waals surface area contributed by atoms with E-state index in [4.69, 9.17) is 4.74 Å². The van der Waals surface area contributed by atoms with Gasteiger partial charge in [-0.15, -0.1) is 0 Å². The van der Waals surface area contributed by atoms with E-state index in [-0.39, 0.29) is 30.1 Å². The molecule has 0 radical (unpaired) electrons. The van der Waals surface area contributed by atoms with Gasteiger partial charge in [-0.1, -0.05) is 6.07 Å². The van der Waals surface area contributed by atoms with Crippen LogP contribution in [0.4, 0.5) is 5.69 Å². The van der Waals surface area contributed by atoms with Crippen LogP contribution in [0.25, 0.3) is 5.69 Å². The Kier molecular flexibility index (Phi) is 3.76. The van der Waals surface area contributed by atoms with Crippen LogP contribution in [-0.2, 0) is 11.3 Å². The van der Waals surface area contributed by atoms with Gasteiger partial charge in [0.05, 0.1) is 29.5 Å². The number of carbonyl (C=O) groups excluding carboxylic acids is 2. The average Bonchev–Trinajstić information content (AvgIpc) is 2.92. The van der Waals surface area contributed by atoms with E-state index in [1.807, 2.05) is 0 Å². The Balaban J connectivity index is 2.26.